The number of hydrogen-bond donors (Lipinski definition) is 2. The minimum Gasteiger partial charge on any atom is -0.485 e. The molecule has 0 aliphatic carbocycles. The topological polar surface area (TPSA) is 79.6 Å². The summed E-state index contributed by atoms with van der Waals surface area (Å²) in [5, 5.41) is 16.4. The first-order valence-electron chi connectivity index (χ1n) is 10.0. The highest BCUT2D eigenvalue weighted by molar-refractivity contribution is 5.74. The Morgan fingerprint density at radius 3 is 3.07 bits per heavy atom. The zero-order valence-corrected chi connectivity index (χ0v) is 16.4. The number of para-hydroxylation sites is 1. The number of aliphatic hydroxyl groups excluding tert-OH is 1. The van der Waals surface area contributed by atoms with Gasteiger partial charge in [-0.2, -0.15) is 5.10 Å². The summed E-state index contributed by atoms with van der Waals surface area (Å²) < 4.78 is 8.10. The van der Waals surface area contributed by atoms with Crippen LogP contribution in [0.25, 0.3) is 0 Å². The van der Waals surface area contributed by atoms with Gasteiger partial charge in [-0.25, -0.2) is 4.79 Å². The number of aryl methyl sites for hydroxylation is 2. The molecule has 2 aromatic rings. The van der Waals surface area contributed by atoms with Crippen molar-refractivity contribution in [2.75, 3.05) is 19.7 Å². The summed E-state index contributed by atoms with van der Waals surface area (Å²) in [7, 11) is 0. The Kier molecular flexibility index (Phi) is 5.26. The summed E-state index contributed by atoms with van der Waals surface area (Å²) in [6, 6.07) is 8.14. The number of aromatic nitrogens is 2. The number of nitrogens with zero attached hydrogens (tertiary/aromatic N) is 3. The fraction of sp³-hybridized carbons (Fsp3) is 0.524. The molecule has 7 nitrogen and oxygen atoms in total. The van der Waals surface area contributed by atoms with Crippen LogP contribution in [0, 0.1) is 6.92 Å². The summed E-state index contributed by atoms with van der Waals surface area (Å²) in [4.78, 5) is 14.7. The van der Waals surface area contributed by atoms with Gasteiger partial charge in [-0.3, -0.25) is 4.68 Å². The molecule has 1 fully saturated rings. The SMILES string of the molecule is Cc1nn(CCO)cc1CNC(=O)N1CCCC2(CCc3ccccc3O2)C1. The minimum atomic E-state index is -0.272. The number of ether oxygens (including phenoxy) is 1. The first-order valence-corrected chi connectivity index (χ1v) is 10.0. The number of nitrogens with one attached hydrogen (secondary N) is 1. The predicted octanol–water partition coefficient (Wildman–Crippen LogP) is 2.25. The Labute approximate surface area is 165 Å². The summed E-state index contributed by atoms with van der Waals surface area (Å²) >= 11 is 0. The molecule has 150 valence electrons. The third kappa shape index (κ3) is 3.85. The number of likely N-dealkylation sites (tertiary alicyclic amines) is 1. The third-order valence-corrected chi connectivity index (χ3v) is 5.78. The van der Waals surface area contributed by atoms with Gasteiger partial charge in [-0.15, -0.1) is 0 Å². The van der Waals surface area contributed by atoms with Crippen molar-refractivity contribution in [2.24, 2.45) is 0 Å². The van der Waals surface area contributed by atoms with Crippen LogP contribution in [0.5, 0.6) is 5.75 Å². The second-order valence-electron chi connectivity index (χ2n) is 7.80. The largest absolute Gasteiger partial charge is 0.485 e. The Hall–Kier alpha value is -2.54. The molecule has 3 heterocycles. The number of fused-ring (bicyclic) bond motifs is 1. The van der Waals surface area contributed by atoms with Gasteiger partial charge in [-0.05, 0) is 44.2 Å². The van der Waals surface area contributed by atoms with Crippen LogP contribution in [-0.2, 0) is 19.5 Å². The van der Waals surface area contributed by atoms with Gasteiger partial charge in [0.1, 0.15) is 11.4 Å². The molecular formula is C21H28N4O3. The summed E-state index contributed by atoms with van der Waals surface area (Å²) in [5.41, 5.74) is 2.82. The van der Waals surface area contributed by atoms with Crippen LogP contribution in [0.3, 0.4) is 0 Å². The summed E-state index contributed by atoms with van der Waals surface area (Å²) in [6.45, 7) is 4.23. The van der Waals surface area contributed by atoms with E-state index in [0.717, 1.165) is 49.2 Å². The fourth-order valence-corrected chi connectivity index (χ4v) is 4.25. The van der Waals surface area contributed by atoms with Crippen LogP contribution in [0.2, 0.25) is 0 Å². The van der Waals surface area contributed by atoms with Crippen LogP contribution < -0.4 is 10.1 Å². The first kappa shape index (κ1) is 18.8. The summed E-state index contributed by atoms with van der Waals surface area (Å²) in [5.74, 6) is 0.961. The van der Waals surface area contributed by atoms with Gasteiger partial charge in [0, 0.05) is 24.8 Å². The van der Waals surface area contributed by atoms with Gasteiger partial charge in [0.05, 0.1) is 25.4 Å². The number of amides is 2. The van der Waals surface area contributed by atoms with Crippen molar-refractivity contribution in [1.29, 1.82) is 0 Å². The molecule has 2 aliphatic rings. The number of urea groups is 1. The van der Waals surface area contributed by atoms with E-state index >= 15 is 0 Å². The lowest BCUT2D eigenvalue weighted by Gasteiger charge is -2.45. The standard InChI is InChI=1S/C21H28N4O3/c1-16-18(14-25(23-16)11-12-26)13-22-20(27)24-10-4-8-21(15-24)9-7-17-5-2-3-6-19(17)28-21/h2-3,5-6,14,26H,4,7-13,15H2,1H3,(H,22,27). The maximum absolute atomic E-state index is 12.8. The van der Waals surface area contributed by atoms with E-state index in [2.05, 4.69) is 16.5 Å². The molecule has 1 aromatic heterocycles. The lowest BCUT2D eigenvalue weighted by Crippen LogP contribution is -2.56. The minimum absolute atomic E-state index is 0.0475. The second kappa shape index (κ2) is 7.83. The van der Waals surface area contributed by atoms with E-state index in [9.17, 15) is 4.79 Å². The molecule has 2 amide bonds. The van der Waals surface area contributed by atoms with E-state index in [4.69, 9.17) is 9.84 Å². The zero-order valence-electron chi connectivity index (χ0n) is 16.4. The van der Waals surface area contributed by atoms with Gasteiger partial charge in [0.15, 0.2) is 0 Å². The van der Waals surface area contributed by atoms with Crippen molar-refractivity contribution in [1.82, 2.24) is 20.0 Å². The molecule has 2 aliphatic heterocycles. The van der Waals surface area contributed by atoms with Crippen LogP contribution in [0.15, 0.2) is 30.5 Å². The number of benzene rings is 1. The van der Waals surface area contributed by atoms with Crippen LogP contribution >= 0.6 is 0 Å². The highest BCUT2D eigenvalue weighted by Crippen LogP contribution is 2.38. The first-order chi connectivity index (χ1) is 13.6. The number of piperidine rings is 1. The average molecular weight is 384 g/mol. The molecule has 7 heteroatoms. The van der Waals surface area contributed by atoms with E-state index in [0.29, 0.717) is 19.6 Å². The predicted molar refractivity (Wildman–Crippen MR) is 105 cm³/mol. The maximum Gasteiger partial charge on any atom is 0.317 e. The zero-order chi connectivity index (χ0) is 19.6. The van der Waals surface area contributed by atoms with Gasteiger partial charge < -0.3 is 20.1 Å². The van der Waals surface area contributed by atoms with Crippen molar-refractivity contribution < 1.29 is 14.6 Å². The van der Waals surface area contributed by atoms with Crippen molar-refractivity contribution >= 4 is 6.03 Å². The van der Waals surface area contributed by atoms with Crippen molar-refractivity contribution in [3.63, 3.8) is 0 Å². The molecule has 2 N–H and O–H groups in total. The van der Waals surface area contributed by atoms with Crippen LogP contribution in [-0.4, -0.2) is 51.1 Å². The Morgan fingerprint density at radius 2 is 2.21 bits per heavy atom. The lowest BCUT2D eigenvalue weighted by atomic mass is 9.84. The monoisotopic (exact) mass is 384 g/mol. The van der Waals surface area contributed by atoms with E-state index in [-0.39, 0.29) is 18.2 Å². The van der Waals surface area contributed by atoms with Gasteiger partial charge in [0.25, 0.3) is 0 Å². The van der Waals surface area contributed by atoms with E-state index in [1.807, 2.05) is 36.2 Å². The molecule has 1 atom stereocenters. The Bertz CT molecular complexity index is 850. The lowest BCUT2D eigenvalue weighted by molar-refractivity contribution is -0.0117. The van der Waals surface area contributed by atoms with E-state index in [1.165, 1.54) is 5.56 Å². The van der Waals surface area contributed by atoms with Gasteiger partial charge in [-0.1, -0.05) is 18.2 Å². The number of aliphatic hydroxyl groups is 1. The van der Waals surface area contributed by atoms with Crippen molar-refractivity contribution in [3.05, 3.63) is 47.3 Å². The summed E-state index contributed by atoms with van der Waals surface area (Å²) in [6.07, 6.45) is 5.75. The third-order valence-electron chi connectivity index (χ3n) is 5.78. The molecule has 0 radical (unpaired) electrons. The number of hydrogen-bond acceptors (Lipinski definition) is 4. The average Bonchev–Trinajstić information content (AvgIpc) is 3.05. The molecule has 4 rings (SSSR count). The van der Waals surface area contributed by atoms with Crippen LogP contribution in [0.4, 0.5) is 4.79 Å². The normalized spacial score (nSPS) is 21.3. The van der Waals surface area contributed by atoms with E-state index < -0.39 is 0 Å². The molecule has 28 heavy (non-hydrogen) atoms. The molecule has 1 saturated heterocycles. The number of rotatable bonds is 4. The molecule has 1 spiro atoms. The Balaban J connectivity index is 1.38. The van der Waals surface area contributed by atoms with Gasteiger partial charge >= 0.3 is 6.03 Å². The maximum atomic E-state index is 12.8. The quantitative estimate of drug-likeness (QED) is 0.847. The molecule has 1 unspecified atom stereocenters. The van der Waals surface area contributed by atoms with Crippen molar-refractivity contribution in [2.45, 2.75) is 51.3 Å². The second-order valence-corrected chi connectivity index (χ2v) is 7.80. The van der Waals surface area contributed by atoms with Gasteiger partial charge in [0.2, 0.25) is 0 Å². The molecule has 1 aromatic carbocycles. The fourth-order valence-electron chi connectivity index (χ4n) is 4.25. The molecular weight excluding hydrogens is 356 g/mol. The smallest absolute Gasteiger partial charge is 0.317 e. The van der Waals surface area contributed by atoms with E-state index in [1.54, 1.807) is 4.68 Å². The highest BCUT2D eigenvalue weighted by Gasteiger charge is 2.41. The number of carbonyl (C=O) groups excluding carboxylic acids is 1. The Morgan fingerprint density at radius 1 is 1.36 bits per heavy atom. The van der Waals surface area contributed by atoms with Crippen molar-refractivity contribution in [3.8, 4) is 5.75 Å². The van der Waals surface area contributed by atoms with Crippen LogP contribution in [0.1, 0.15) is 36.1 Å². The molecule has 0 bridgehead atoms. The number of carbonyl (C=O) groups is 1. The highest BCUT2D eigenvalue weighted by atomic mass is 16.5. The molecule has 0 saturated carbocycles.